The molecule has 0 spiro atoms. The van der Waals surface area contributed by atoms with E-state index in [2.05, 4.69) is 17.4 Å². The molecule has 0 bridgehead atoms. The van der Waals surface area contributed by atoms with Crippen LogP contribution in [0.4, 0.5) is 10.1 Å². The van der Waals surface area contributed by atoms with Crippen molar-refractivity contribution in [2.75, 3.05) is 17.6 Å². The molecule has 0 radical (unpaired) electrons. The van der Waals surface area contributed by atoms with Crippen molar-refractivity contribution in [2.24, 2.45) is 0 Å². The number of nitrogens with one attached hydrogen (secondary N) is 1. The third kappa shape index (κ3) is 3.93. The Balaban J connectivity index is 1.77. The van der Waals surface area contributed by atoms with Gasteiger partial charge in [0.25, 0.3) is 0 Å². The normalized spacial score (nSPS) is 10.3. The van der Waals surface area contributed by atoms with Gasteiger partial charge in [0.1, 0.15) is 5.82 Å². The lowest BCUT2D eigenvalue weighted by Gasteiger charge is -2.07. The van der Waals surface area contributed by atoms with Gasteiger partial charge in [-0.05, 0) is 30.3 Å². The fraction of sp³-hybridized carbons (Fsp3) is 0.143. The molecule has 2 rings (SSSR count). The first-order valence-electron chi connectivity index (χ1n) is 5.62. The van der Waals surface area contributed by atoms with Crippen LogP contribution < -0.4 is 5.32 Å². The zero-order chi connectivity index (χ0) is 12.8. The molecule has 2 aromatic rings. The van der Waals surface area contributed by atoms with Gasteiger partial charge in [-0.1, -0.05) is 29.8 Å². The molecule has 0 amide bonds. The van der Waals surface area contributed by atoms with E-state index in [0.717, 1.165) is 18.0 Å². The smallest absolute Gasteiger partial charge is 0.141 e. The minimum absolute atomic E-state index is 0.149. The summed E-state index contributed by atoms with van der Waals surface area (Å²) in [5.74, 6) is 0.555. The zero-order valence-electron chi connectivity index (χ0n) is 9.70. The van der Waals surface area contributed by atoms with E-state index in [-0.39, 0.29) is 10.8 Å². The van der Waals surface area contributed by atoms with Crippen LogP contribution in [0.1, 0.15) is 0 Å². The molecule has 0 saturated carbocycles. The van der Waals surface area contributed by atoms with Crippen LogP contribution in [0.15, 0.2) is 53.4 Å². The van der Waals surface area contributed by atoms with Crippen LogP contribution in [0, 0.1) is 5.82 Å². The van der Waals surface area contributed by atoms with Crippen LogP contribution in [-0.2, 0) is 0 Å². The average Bonchev–Trinajstić information content (AvgIpc) is 2.40. The molecule has 94 valence electrons. The lowest BCUT2D eigenvalue weighted by Crippen LogP contribution is -2.03. The molecule has 0 aromatic heterocycles. The molecular weight excluding hydrogens is 269 g/mol. The van der Waals surface area contributed by atoms with Crippen molar-refractivity contribution < 1.29 is 4.39 Å². The van der Waals surface area contributed by atoms with E-state index in [9.17, 15) is 4.39 Å². The Morgan fingerprint density at radius 1 is 1.11 bits per heavy atom. The molecule has 2 aromatic carbocycles. The second-order valence-electron chi connectivity index (χ2n) is 3.72. The molecule has 0 atom stereocenters. The maximum Gasteiger partial charge on any atom is 0.141 e. The number of rotatable bonds is 5. The highest BCUT2D eigenvalue weighted by molar-refractivity contribution is 7.99. The number of halogens is 2. The first-order valence-corrected chi connectivity index (χ1v) is 6.99. The molecule has 18 heavy (non-hydrogen) atoms. The maximum absolute atomic E-state index is 12.9. The molecular formula is C14H13ClFNS. The summed E-state index contributed by atoms with van der Waals surface area (Å²) in [5.41, 5.74) is 0.843. The quantitative estimate of drug-likeness (QED) is 0.631. The van der Waals surface area contributed by atoms with Crippen LogP contribution >= 0.6 is 23.4 Å². The highest BCUT2D eigenvalue weighted by Gasteiger charge is 2.00. The number of benzene rings is 2. The van der Waals surface area contributed by atoms with Gasteiger partial charge < -0.3 is 5.32 Å². The summed E-state index contributed by atoms with van der Waals surface area (Å²) in [6.45, 7) is 0.807. The molecule has 1 nitrogen and oxygen atoms in total. The summed E-state index contributed by atoms with van der Waals surface area (Å²) in [4.78, 5) is 1.25. The number of anilines is 1. The molecule has 0 aliphatic heterocycles. The number of hydrogen-bond donors (Lipinski definition) is 1. The predicted octanol–water partition coefficient (Wildman–Crippen LogP) is 4.68. The van der Waals surface area contributed by atoms with Gasteiger partial charge >= 0.3 is 0 Å². The molecule has 0 aliphatic carbocycles. The summed E-state index contributed by atoms with van der Waals surface area (Å²) in [7, 11) is 0. The monoisotopic (exact) mass is 281 g/mol. The first-order chi connectivity index (χ1) is 8.75. The Morgan fingerprint density at radius 2 is 1.89 bits per heavy atom. The van der Waals surface area contributed by atoms with Crippen LogP contribution in [0.3, 0.4) is 0 Å². The zero-order valence-corrected chi connectivity index (χ0v) is 11.3. The Bertz CT molecular complexity index is 504. The minimum atomic E-state index is -0.388. The number of hydrogen-bond acceptors (Lipinski definition) is 2. The molecule has 0 aliphatic rings. The molecule has 0 unspecified atom stereocenters. The fourth-order valence-corrected chi connectivity index (χ4v) is 2.46. The van der Waals surface area contributed by atoms with Crippen molar-refractivity contribution >= 4 is 29.1 Å². The van der Waals surface area contributed by atoms with Crippen LogP contribution in [0.25, 0.3) is 0 Å². The lowest BCUT2D eigenvalue weighted by molar-refractivity contribution is 0.628. The van der Waals surface area contributed by atoms with E-state index in [1.165, 1.54) is 11.0 Å². The average molecular weight is 282 g/mol. The van der Waals surface area contributed by atoms with Gasteiger partial charge in [-0.2, -0.15) is 0 Å². The highest BCUT2D eigenvalue weighted by atomic mass is 35.5. The van der Waals surface area contributed by atoms with E-state index in [4.69, 9.17) is 11.6 Å². The summed E-state index contributed by atoms with van der Waals surface area (Å²) in [6.07, 6.45) is 0. The van der Waals surface area contributed by atoms with E-state index >= 15 is 0 Å². The van der Waals surface area contributed by atoms with Crippen LogP contribution in [0.5, 0.6) is 0 Å². The lowest BCUT2D eigenvalue weighted by atomic mass is 10.3. The van der Waals surface area contributed by atoms with Crippen molar-refractivity contribution in [3.8, 4) is 0 Å². The predicted molar refractivity (Wildman–Crippen MR) is 77.1 cm³/mol. The summed E-state index contributed by atoms with van der Waals surface area (Å²) in [6, 6.07) is 14.9. The molecule has 1 N–H and O–H groups in total. The second kappa shape index (κ2) is 6.66. The SMILES string of the molecule is Fc1ccc(NCCSc2ccccc2)cc1Cl. The topological polar surface area (TPSA) is 12.0 Å². The van der Waals surface area contributed by atoms with Gasteiger partial charge in [-0.3, -0.25) is 0 Å². The maximum atomic E-state index is 12.9. The van der Waals surface area contributed by atoms with Gasteiger partial charge in [0.05, 0.1) is 5.02 Å². The van der Waals surface area contributed by atoms with Gasteiger partial charge in [0, 0.05) is 22.9 Å². The highest BCUT2D eigenvalue weighted by Crippen LogP contribution is 2.20. The summed E-state index contributed by atoms with van der Waals surface area (Å²) in [5, 5.41) is 3.36. The van der Waals surface area contributed by atoms with Crippen molar-refractivity contribution in [3.63, 3.8) is 0 Å². The molecule has 4 heteroatoms. The van der Waals surface area contributed by atoms with E-state index in [1.807, 2.05) is 18.2 Å². The minimum Gasteiger partial charge on any atom is -0.384 e. The Morgan fingerprint density at radius 3 is 2.61 bits per heavy atom. The first kappa shape index (κ1) is 13.2. The van der Waals surface area contributed by atoms with Crippen LogP contribution in [-0.4, -0.2) is 12.3 Å². The molecule has 0 fully saturated rings. The van der Waals surface area contributed by atoms with E-state index in [1.54, 1.807) is 23.9 Å². The Kier molecular flexibility index (Phi) is 4.90. The van der Waals surface area contributed by atoms with Gasteiger partial charge in [-0.15, -0.1) is 11.8 Å². The van der Waals surface area contributed by atoms with Crippen molar-refractivity contribution in [1.29, 1.82) is 0 Å². The fourth-order valence-electron chi connectivity index (χ4n) is 1.49. The third-order valence-corrected chi connectivity index (χ3v) is 3.67. The molecule has 0 heterocycles. The van der Waals surface area contributed by atoms with Crippen LogP contribution in [0.2, 0.25) is 5.02 Å². The van der Waals surface area contributed by atoms with E-state index in [0.29, 0.717) is 0 Å². The van der Waals surface area contributed by atoms with Gasteiger partial charge in [-0.25, -0.2) is 4.39 Å². The van der Waals surface area contributed by atoms with E-state index < -0.39 is 0 Å². The van der Waals surface area contributed by atoms with Crippen molar-refractivity contribution in [1.82, 2.24) is 0 Å². The Hall–Kier alpha value is -1.19. The Labute approximate surface area is 115 Å². The number of thioether (sulfide) groups is 1. The van der Waals surface area contributed by atoms with Crippen molar-refractivity contribution in [3.05, 3.63) is 59.4 Å². The standard InChI is InChI=1S/C14H13ClFNS/c15-13-10-11(6-7-14(13)16)17-8-9-18-12-4-2-1-3-5-12/h1-7,10,17H,8-9H2. The third-order valence-electron chi connectivity index (χ3n) is 2.36. The van der Waals surface area contributed by atoms with Gasteiger partial charge in [0.2, 0.25) is 0 Å². The molecule has 0 saturated heterocycles. The van der Waals surface area contributed by atoms with Gasteiger partial charge in [0.15, 0.2) is 0 Å². The van der Waals surface area contributed by atoms with Crippen molar-refractivity contribution in [2.45, 2.75) is 4.90 Å². The summed E-state index contributed by atoms with van der Waals surface area (Å²) >= 11 is 7.48. The summed E-state index contributed by atoms with van der Waals surface area (Å²) < 4.78 is 12.9. The largest absolute Gasteiger partial charge is 0.384 e. The second-order valence-corrected chi connectivity index (χ2v) is 5.29.